The smallest absolute Gasteiger partial charge is 0.339 e. The molecule has 1 aromatic heterocycles. The summed E-state index contributed by atoms with van der Waals surface area (Å²) in [5.41, 5.74) is 4.38. The fourth-order valence-corrected chi connectivity index (χ4v) is 3.97. The van der Waals surface area contributed by atoms with Gasteiger partial charge in [0, 0.05) is 49.2 Å². The highest BCUT2D eigenvalue weighted by Crippen LogP contribution is 2.29. The highest BCUT2D eigenvalue weighted by Gasteiger charge is 2.27. The van der Waals surface area contributed by atoms with E-state index in [1.165, 1.54) is 5.56 Å². The largest absolute Gasteiger partial charge is 0.452 e. The lowest BCUT2D eigenvalue weighted by molar-refractivity contribution is -0.124. The van der Waals surface area contributed by atoms with E-state index in [0.717, 1.165) is 48.1 Å². The first-order chi connectivity index (χ1) is 15.2. The van der Waals surface area contributed by atoms with Gasteiger partial charge in [0.15, 0.2) is 6.61 Å². The molecule has 2 heterocycles. The van der Waals surface area contributed by atoms with Crippen LogP contribution in [0.3, 0.4) is 0 Å². The Bertz CT molecular complexity index is 1080. The number of carbonyl (C=O) groups excluding carboxylic acids is 2. The van der Waals surface area contributed by atoms with Gasteiger partial charge in [-0.25, -0.2) is 4.79 Å². The minimum absolute atomic E-state index is 0.280. The van der Waals surface area contributed by atoms with Crippen LogP contribution in [0.15, 0.2) is 54.6 Å². The molecular weight excluding hydrogens is 390 g/mol. The van der Waals surface area contributed by atoms with Crippen LogP contribution in [0, 0.1) is 0 Å². The number of aromatic nitrogens is 1. The Morgan fingerprint density at radius 3 is 2.68 bits per heavy atom. The highest BCUT2D eigenvalue weighted by molar-refractivity contribution is 6.05. The molecule has 0 spiro atoms. The highest BCUT2D eigenvalue weighted by atomic mass is 16.5. The summed E-state index contributed by atoms with van der Waals surface area (Å²) in [5, 5.41) is 3.50. The van der Waals surface area contributed by atoms with E-state index in [9.17, 15) is 9.59 Å². The number of para-hydroxylation sites is 1. The number of fused-ring (bicyclic) bond motifs is 2. The fraction of sp³-hybridized carbons (Fsp3) is 0.320. The van der Waals surface area contributed by atoms with Gasteiger partial charge in [-0.1, -0.05) is 55.5 Å². The molecule has 0 aliphatic carbocycles. The average molecular weight is 418 g/mol. The number of amides is 1. The van der Waals surface area contributed by atoms with Crippen molar-refractivity contribution in [3.63, 3.8) is 0 Å². The third-order valence-corrected chi connectivity index (χ3v) is 5.49. The number of nitrogens with one attached hydrogen (secondary N) is 1. The van der Waals surface area contributed by atoms with Gasteiger partial charge >= 0.3 is 5.97 Å². The van der Waals surface area contributed by atoms with Crippen LogP contribution in [0.25, 0.3) is 10.9 Å². The summed E-state index contributed by atoms with van der Waals surface area (Å²) >= 11 is 0. The van der Waals surface area contributed by atoms with Gasteiger partial charge in [0.25, 0.3) is 5.91 Å². The lowest BCUT2D eigenvalue weighted by atomic mass is 9.95. The molecule has 1 aliphatic rings. The number of hydrogen-bond donors (Lipinski definition) is 1. The Hall–Kier alpha value is -3.25. The number of ether oxygens (including phenoxy) is 1. The van der Waals surface area contributed by atoms with Crippen molar-refractivity contribution >= 4 is 22.8 Å². The minimum Gasteiger partial charge on any atom is -0.452 e. The normalized spacial score (nSPS) is 13.6. The Balaban J connectivity index is 1.62. The average Bonchev–Trinajstić information content (AvgIpc) is 2.80. The summed E-state index contributed by atoms with van der Waals surface area (Å²) in [6, 6.07) is 17.9. The Morgan fingerprint density at radius 2 is 1.87 bits per heavy atom. The number of pyridine rings is 1. The van der Waals surface area contributed by atoms with Crippen molar-refractivity contribution in [2.45, 2.75) is 32.9 Å². The SMILES string of the molecule is CCCNC(=O)COC(=O)c1c2c(nc3ccccc13)CCN(Cc1ccccc1)C2. The molecule has 4 rings (SSSR count). The zero-order valence-electron chi connectivity index (χ0n) is 17.8. The molecule has 0 unspecified atom stereocenters. The number of nitrogens with zero attached hydrogens (tertiary/aromatic N) is 2. The number of esters is 1. The first kappa shape index (κ1) is 21.0. The van der Waals surface area contributed by atoms with Gasteiger partial charge in [-0.2, -0.15) is 0 Å². The van der Waals surface area contributed by atoms with Crippen LogP contribution in [0.1, 0.15) is 40.5 Å². The third kappa shape index (κ3) is 4.91. The van der Waals surface area contributed by atoms with Crippen molar-refractivity contribution in [1.29, 1.82) is 0 Å². The van der Waals surface area contributed by atoms with Gasteiger partial charge in [-0.15, -0.1) is 0 Å². The summed E-state index contributed by atoms with van der Waals surface area (Å²) < 4.78 is 5.42. The molecule has 160 valence electrons. The summed E-state index contributed by atoms with van der Waals surface area (Å²) in [7, 11) is 0. The molecule has 6 nitrogen and oxygen atoms in total. The van der Waals surface area contributed by atoms with E-state index in [1.54, 1.807) is 0 Å². The van der Waals surface area contributed by atoms with Crippen LogP contribution < -0.4 is 5.32 Å². The first-order valence-corrected chi connectivity index (χ1v) is 10.8. The molecule has 3 aromatic rings. The van der Waals surface area contributed by atoms with Crippen molar-refractivity contribution in [2.75, 3.05) is 19.7 Å². The lowest BCUT2D eigenvalue weighted by Crippen LogP contribution is -2.33. The van der Waals surface area contributed by atoms with E-state index in [4.69, 9.17) is 9.72 Å². The van der Waals surface area contributed by atoms with Crippen LogP contribution in [-0.4, -0.2) is 41.5 Å². The molecular formula is C25H27N3O3. The van der Waals surface area contributed by atoms with Crippen molar-refractivity contribution in [2.24, 2.45) is 0 Å². The molecule has 0 atom stereocenters. The van der Waals surface area contributed by atoms with Crippen molar-refractivity contribution in [3.8, 4) is 0 Å². The zero-order valence-corrected chi connectivity index (χ0v) is 17.8. The van der Waals surface area contributed by atoms with Crippen LogP contribution in [0.2, 0.25) is 0 Å². The summed E-state index contributed by atoms with van der Waals surface area (Å²) in [6.45, 7) is 4.57. The van der Waals surface area contributed by atoms with Crippen molar-refractivity contribution in [3.05, 3.63) is 77.0 Å². The van der Waals surface area contributed by atoms with E-state index >= 15 is 0 Å². The molecule has 0 radical (unpaired) electrons. The summed E-state index contributed by atoms with van der Waals surface area (Å²) in [6.07, 6.45) is 1.60. The number of benzene rings is 2. The maximum absolute atomic E-state index is 13.1. The second-order valence-electron chi connectivity index (χ2n) is 7.80. The van der Waals surface area contributed by atoms with Gasteiger partial charge < -0.3 is 10.1 Å². The van der Waals surface area contributed by atoms with Crippen LogP contribution in [-0.2, 0) is 29.0 Å². The van der Waals surface area contributed by atoms with Gasteiger partial charge in [0.1, 0.15) is 0 Å². The second kappa shape index (κ2) is 9.71. The van der Waals surface area contributed by atoms with E-state index in [-0.39, 0.29) is 12.5 Å². The molecule has 1 N–H and O–H groups in total. The maximum atomic E-state index is 13.1. The molecule has 0 fully saturated rings. The lowest BCUT2D eigenvalue weighted by Gasteiger charge is -2.30. The second-order valence-corrected chi connectivity index (χ2v) is 7.80. The zero-order chi connectivity index (χ0) is 21.6. The molecule has 31 heavy (non-hydrogen) atoms. The number of carbonyl (C=O) groups is 2. The summed E-state index contributed by atoms with van der Waals surface area (Å²) in [5.74, 6) is -0.754. The Morgan fingerprint density at radius 1 is 1.10 bits per heavy atom. The van der Waals surface area contributed by atoms with Crippen molar-refractivity contribution in [1.82, 2.24) is 15.2 Å². The molecule has 0 saturated carbocycles. The Labute approximate surface area is 182 Å². The third-order valence-electron chi connectivity index (χ3n) is 5.49. The number of hydrogen-bond acceptors (Lipinski definition) is 5. The van der Waals surface area contributed by atoms with E-state index < -0.39 is 5.97 Å². The predicted molar refractivity (Wildman–Crippen MR) is 120 cm³/mol. The monoisotopic (exact) mass is 417 g/mol. The van der Waals surface area contributed by atoms with E-state index in [1.807, 2.05) is 49.4 Å². The predicted octanol–water partition coefficient (Wildman–Crippen LogP) is 3.48. The molecule has 1 amide bonds. The topological polar surface area (TPSA) is 71.5 Å². The fourth-order valence-electron chi connectivity index (χ4n) is 3.97. The minimum atomic E-state index is -0.469. The van der Waals surface area contributed by atoms with Gasteiger partial charge in [-0.05, 0) is 18.1 Å². The quantitative estimate of drug-likeness (QED) is 0.596. The standard InChI is InChI=1S/C25H27N3O3/c1-2-13-26-23(29)17-31-25(30)24-19-10-6-7-11-21(19)27-22-12-14-28(16-20(22)24)15-18-8-4-3-5-9-18/h3-11H,2,12-17H2,1H3,(H,26,29). The van der Waals surface area contributed by atoms with Crippen molar-refractivity contribution < 1.29 is 14.3 Å². The van der Waals surface area contributed by atoms with Gasteiger partial charge in [-0.3, -0.25) is 14.7 Å². The number of rotatable bonds is 7. The molecule has 6 heteroatoms. The summed E-state index contributed by atoms with van der Waals surface area (Å²) in [4.78, 5) is 32.2. The first-order valence-electron chi connectivity index (χ1n) is 10.8. The molecule has 0 saturated heterocycles. The van der Waals surface area contributed by atoms with E-state index in [2.05, 4.69) is 22.3 Å². The molecule has 1 aliphatic heterocycles. The van der Waals surface area contributed by atoms with Crippen LogP contribution in [0.4, 0.5) is 0 Å². The van der Waals surface area contributed by atoms with Crippen LogP contribution in [0.5, 0.6) is 0 Å². The van der Waals surface area contributed by atoms with Gasteiger partial charge in [0.05, 0.1) is 11.1 Å². The Kier molecular flexibility index (Phi) is 6.57. The molecule has 2 aromatic carbocycles. The molecule has 0 bridgehead atoms. The van der Waals surface area contributed by atoms with Crippen LogP contribution >= 0.6 is 0 Å². The maximum Gasteiger partial charge on any atom is 0.339 e. The van der Waals surface area contributed by atoms with E-state index in [0.29, 0.717) is 18.7 Å². The van der Waals surface area contributed by atoms with Gasteiger partial charge in [0.2, 0.25) is 0 Å².